The number of nitrogens with one attached hydrogen (secondary N) is 1. The summed E-state index contributed by atoms with van der Waals surface area (Å²) in [5, 5.41) is 3.05. The number of amidine groups is 1. The highest BCUT2D eigenvalue weighted by molar-refractivity contribution is 6.05. The van der Waals surface area contributed by atoms with Gasteiger partial charge in [-0.15, -0.1) is 0 Å². The molecule has 0 saturated heterocycles. The van der Waals surface area contributed by atoms with E-state index in [1.165, 1.54) is 0 Å². The van der Waals surface area contributed by atoms with Crippen LogP contribution in [0.1, 0.15) is 19.4 Å². The predicted octanol–water partition coefficient (Wildman–Crippen LogP) is 1.80. The van der Waals surface area contributed by atoms with E-state index in [9.17, 15) is 0 Å². The van der Waals surface area contributed by atoms with Crippen molar-refractivity contribution in [1.29, 1.82) is 0 Å². The molecule has 2 rings (SSSR count). The second-order valence-electron chi connectivity index (χ2n) is 3.72. The van der Waals surface area contributed by atoms with Crippen LogP contribution in [0.2, 0.25) is 0 Å². The molecule has 1 aromatic rings. The molecular weight excluding hydrogens is 174 g/mol. The van der Waals surface area contributed by atoms with Gasteiger partial charge in [0.2, 0.25) is 0 Å². The molecule has 0 fully saturated rings. The third-order valence-electron chi connectivity index (χ3n) is 2.01. The minimum Gasteiger partial charge on any atom is -0.331 e. The standard InChI is InChI=1S/C11H13N3/c1-11(2)13-8-12-10(14-11)9-6-4-3-5-7-9/h3-8H,1-2H3,(H,12,13,14). The lowest BCUT2D eigenvalue weighted by Gasteiger charge is -2.21. The zero-order valence-electron chi connectivity index (χ0n) is 8.36. The highest BCUT2D eigenvalue weighted by atomic mass is 15.2. The van der Waals surface area contributed by atoms with E-state index in [1.54, 1.807) is 6.34 Å². The maximum atomic E-state index is 4.49. The number of benzene rings is 1. The van der Waals surface area contributed by atoms with Crippen molar-refractivity contribution >= 4 is 12.2 Å². The lowest BCUT2D eigenvalue weighted by atomic mass is 10.2. The molecule has 1 heterocycles. The molecule has 0 amide bonds. The number of hydrogen-bond donors (Lipinski definition) is 1. The molecule has 0 spiro atoms. The van der Waals surface area contributed by atoms with Crippen LogP contribution in [0.4, 0.5) is 0 Å². The molecule has 0 bridgehead atoms. The summed E-state index contributed by atoms with van der Waals surface area (Å²) in [5.74, 6) is 0.880. The summed E-state index contributed by atoms with van der Waals surface area (Å²) in [7, 11) is 0. The quantitative estimate of drug-likeness (QED) is 0.715. The van der Waals surface area contributed by atoms with Crippen molar-refractivity contribution in [2.24, 2.45) is 9.98 Å². The summed E-state index contributed by atoms with van der Waals surface area (Å²) < 4.78 is 0. The van der Waals surface area contributed by atoms with E-state index in [4.69, 9.17) is 0 Å². The van der Waals surface area contributed by atoms with Crippen LogP contribution in [0.5, 0.6) is 0 Å². The van der Waals surface area contributed by atoms with Crippen molar-refractivity contribution in [3.63, 3.8) is 0 Å². The highest BCUT2D eigenvalue weighted by Gasteiger charge is 2.18. The van der Waals surface area contributed by atoms with Crippen molar-refractivity contribution in [2.45, 2.75) is 19.5 Å². The van der Waals surface area contributed by atoms with Gasteiger partial charge in [0.05, 0.1) is 6.34 Å². The van der Waals surface area contributed by atoms with Crippen LogP contribution < -0.4 is 5.32 Å². The van der Waals surface area contributed by atoms with E-state index in [1.807, 2.05) is 44.2 Å². The van der Waals surface area contributed by atoms with Crippen molar-refractivity contribution < 1.29 is 0 Å². The van der Waals surface area contributed by atoms with Crippen LogP contribution in [0.15, 0.2) is 40.3 Å². The molecule has 1 aliphatic heterocycles. The number of nitrogens with zero attached hydrogens (tertiary/aromatic N) is 2. The molecule has 1 aromatic carbocycles. The van der Waals surface area contributed by atoms with Crippen molar-refractivity contribution in [2.75, 3.05) is 0 Å². The van der Waals surface area contributed by atoms with Crippen LogP contribution in [-0.4, -0.2) is 17.8 Å². The molecule has 14 heavy (non-hydrogen) atoms. The fourth-order valence-corrected chi connectivity index (χ4v) is 1.33. The SMILES string of the molecule is CC1(C)N=CNC(c2ccccc2)=N1. The van der Waals surface area contributed by atoms with Gasteiger partial charge in [-0.05, 0) is 13.8 Å². The molecule has 1 aliphatic rings. The van der Waals surface area contributed by atoms with E-state index in [0.717, 1.165) is 11.4 Å². The average molecular weight is 187 g/mol. The minimum atomic E-state index is -0.351. The van der Waals surface area contributed by atoms with Crippen molar-refractivity contribution in [1.82, 2.24) is 5.32 Å². The maximum Gasteiger partial charge on any atom is 0.148 e. The Morgan fingerprint density at radius 2 is 1.86 bits per heavy atom. The van der Waals surface area contributed by atoms with E-state index < -0.39 is 0 Å². The second-order valence-corrected chi connectivity index (χ2v) is 3.72. The summed E-state index contributed by atoms with van der Waals surface area (Å²) >= 11 is 0. The molecule has 3 heteroatoms. The first-order valence-corrected chi connectivity index (χ1v) is 4.63. The van der Waals surface area contributed by atoms with Gasteiger partial charge in [0, 0.05) is 5.56 Å². The smallest absolute Gasteiger partial charge is 0.148 e. The first-order valence-electron chi connectivity index (χ1n) is 4.63. The summed E-state index contributed by atoms with van der Waals surface area (Å²) in [6, 6.07) is 10.0. The van der Waals surface area contributed by atoms with Gasteiger partial charge in [0.1, 0.15) is 11.5 Å². The average Bonchev–Trinajstić information content (AvgIpc) is 2.18. The highest BCUT2D eigenvalue weighted by Crippen LogP contribution is 2.14. The van der Waals surface area contributed by atoms with Gasteiger partial charge in [-0.1, -0.05) is 30.3 Å². The maximum absolute atomic E-state index is 4.49. The molecule has 1 N–H and O–H groups in total. The topological polar surface area (TPSA) is 36.8 Å². The Hall–Kier alpha value is -1.64. The molecular formula is C11H13N3. The van der Waals surface area contributed by atoms with Crippen LogP contribution in [0.25, 0.3) is 0 Å². The fourth-order valence-electron chi connectivity index (χ4n) is 1.33. The molecule has 72 valence electrons. The van der Waals surface area contributed by atoms with E-state index in [2.05, 4.69) is 15.3 Å². The van der Waals surface area contributed by atoms with Gasteiger partial charge < -0.3 is 5.32 Å². The zero-order valence-corrected chi connectivity index (χ0v) is 8.36. The Labute approximate surface area is 83.6 Å². The van der Waals surface area contributed by atoms with Gasteiger partial charge >= 0.3 is 0 Å². The third-order valence-corrected chi connectivity index (χ3v) is 2.01. The first kappa shape index (κ1) is 8.94. The zero-order chi connectivity index (χ0) is 10.0. The van der Waals surface area contributed by atoms with Gasteiger partial charge in [-0.2, -0.15) is 0 Å². The van der Waals surface area contributed by atoms with Gasteiger partial charge in [-0.3, -0.25) is 0 Å². The molecule has 0 aliphatic carbocycles. The summed E-state index contributed by atoms with van der Waals surface area (Å²) in [6.07, 6.45) is 1.70. The summed E-state index contributed by atoms with van der Waals surface area (Å²) in [4.78, 5) is 8.71. The van der Waals surface area contributed by atoms with E-state index >= 15 is 0 Å². The Morgan fingerprint density at radius 1 is 1.14 bits per heavy atom. The molecule has 0 aromatic heterocycles. The largest absolute Gasteiger partial charge is 0.331 e. The van der Waals surface area contributed by atoms with Crippen molar-refractivity contribution in [3.05, 3.63) is 35.9 Å². The van der Waals surface area contributed by atoms with Crippen molar-refractivity contribution in [3.8, 4) is 0 Å². The number of hydrogen-bond acceptors (Lipinski definition) is 3. The lowest BCUT2D eigenvalue weighted by Crippen LogP contribution is -2.33. The number of aliphatic imine (C=N–C) groups is 2. The van der Waals surface area contributed by atoms with Crippen LogP contribution >= 0.6 is 0 Å². The molecule has 0 atom stereocenters. The van der Waals surface area contributed by atoms with E-state index in [0.29, 0.717) is 0 Å². The monoisotopic (exact) mass is 187 g/mol. The molecule has 0 unspecified atom stereocenters. The first-order chi connectivity index (χ1) is 6.67. The normalized spacial score (nSPS) is 18.6. The van der Waals surface area contributed by atoms with Gasteiger partial charge in [-0.25, -0.2) is 9.98 Å². The van der Waals surface area contributed by atoms with Crippen LogP contribution in [-0.2, 0) is 0 Å². The Balaban J connectivity index is 2.33. The molecule has 0 radical (unpaired) electrons. The van der Waals surface area contributed by atoms with E-state index in [-0.39, 0.29) is 5.66 Å². The minimum absolute atomic E-state index is 0.351. The summed E-state index contributed by atoms with van der Waals surface area (Å²) in [6.45, 7) is 3.96. The van der Waals surface area contributed by atoms with Gasteiger partial charge in [0.15, 0.2) is 0 Å². The Kier molecular flexibility index (Phi) is 2.08. The second kappa shape index (κ2) is 3.25. The third kappa shape index (κ3) is 1.82. The predicted molar refractivity (Wildman–Crippen MR) is 58.7 cm³/mol. The summed E-state index contributed by atoms with van der Waals surface area (Å²) in [5.41, 5.74) is 0.739. The van der Waals surface area contributed by atoms with Gasteiger partial charge in [0.25, 0.3) is 0 Å². The van der Waals surface area contributed by atoms with Crippen LogP contribution in [0, 0.1) is 0 Å². The number of rotatable bonds is 1. The lowest BCUT2D eigenvalue weighted by molar-refractivity contribution is 0.547. The van der Waals surface area contributed by atoms with Crippen LogP contribution in [0.3, 0.4) is 0 Å². The Bertz CT molecular complexity index is 377. The molecule has 0 saturated carbocycles. The molecule has 3 nitrogen and oxygen atoms in total. The fraction of sp³-hybridized carbons (Fsp3) is 0.273. The Morgan fingerprint density at radius 3 is 2.50 bits per heavy atom.